The van der Waals surface area contributed by atoms with Gasteiger partial charge in [0.15, 0.2) is 4.90 Å². The molecular formula is C18H21ClN4O6S. The van der Waals surface area contributed by atoms with Gasteiger partial charge in [0.25, 0.3) is 5.56 Å². The number of aryl methyl sites for hydroxylation is 1. The van der Waals surface area contributed by atoms with Gasteiger partial charge in [-0.05, 0) is 38.0 Å². The van der Waals surface area contributed by atoms with Crippen LogP contribution in [0.15, 0.2) is 32.7 Å². The average Bonchev–Trinajstić information content (AvgIpc) is 2.67. The molecule has 1 aromatic carbocycles. The number of halogens is 1. The molecule has 1 aliphatic rings. The van der Waals surface area contributed by atoms with Crippen molar-refractivity contribution in [2.45, 2.75) is 24.7 Å². The second-order valence-electron chi connectivity index (χ2n) is 6.90. The number of carbonyl (C=O) groups excluding carboxylic acids is 1. The predicted molar refractivity (Wildman–Crippen MR) is 111 cm³/mol. The third-order valence-corrected chi connectivity index (χ3v) is 7.10. The molecule has 1 aliphatic heterocycles. The third kappa shape index (κ3) is 4.42. The van der Waals surface area contributed by atoms with Crippen molar-refractivity contribution in [3.8, 4) is 5.75 Å². The maximum Gasteiger partial charge on any atom is 0.325 e. The van der Waals surface area contributed by atoms with Crippen LogP contribution in [-0.4, -0.2) is 48.8 Å². The minimum atomic E-state index is -4.21. The van der Waals surface area contributed by atoms with Crippen molar-refractivity contribution in [2.24, 2.45) is 5.92 Å². The highest BCUT2D eigenvalue weighted by Crippen LogP contribution is 2.29. The molecule has 2 aromatic rings. The van der Waals surface area contributed by atoms with Crippen LogP contribution in [0.5, 0.6) is 5.75 Å². The molecule has 0 bridgehead atoms. The fourth-order valence-corrected chi connectivity index (χ4v) is 5.31. The summed E-state index contributed by atoms with van der Waals surface area (Å²) in [4.78, 5) is 40.0. The molecule has 0 saturated carbocycles. The largest absolute Gasteiger partial charge is 0.495 e. The zero-order valence-corrected chi connectivity index (χ0v) is 17.9. The predicted octanol–water partition coefficient (Wildman–Crippen LogP) is 1.07. The first kappa shape index (κ1) is 22.1. The molecule has 2 heterocycles. The van der Waals surface area contributed by atoms with Crippen LogP contribution in [0.1, 0.15) is 18.5 Å². The summed E-state index contributed by atoms with van der Waals surface area (Å²) >= 11 is 5.98. The monoisotopic (exact) mass is 456 g/mol. The number of nitrogens with zero attached hydrogens (tertiary/aromatic N) is 1. The van der Waals surface area contributed by atoms with Crippen molar-refractivity contribution in [1.29, 1.82) is 0 Å². The summed E-state index contributed by atoms with van der Waals surface area (Å²) in [6.07, 6.45) is 0.909. The van der Waals surface area contributed by atoms with E-state index in [0.717, 1.165) is 4.31 Å². The Bertz CT molecular complexity index is 1190. The lowest BCUT2D eigenvalue weighted by Crippen LogP contribution is -2.45. The number of sulfonamides is 1. The van der Waals surface area contributed by atoms with Crippen LogP contribution in [0.4, 0.5) is 5.69 Å². The molecule has 0 aliphatic carbocycles. The molecule has 1 atom stereocenters. The first-order chi connectivity index (χ1) is 14.1. The Morgan fingerprint density at radius 3 is 2.70 bits per heavy atom. The van der Waals surface area contributed by atoms with E-state index in [2.05, 4.69) is 10.3 Å². The summed E-state index contributed by atoms with van der Waals surface area (Å²) in [7, 11) is -2.75. The van der Waals surface area contributed by atoms with Crippen LogP contribution in [0, 0.1) is 12.8 Å². The van der Waals surface area contributed by atoms with E-state index in [1.807, 2.05) is 4.98 Å². The molecule has 12 heteroatoms. The first-order valence-electron chi connectivity index (χ1n) is 9.11. The van der Waals surface area contributed by atoms with Gasteiger partial charge < -0.3 is 15.0 Å². The molecule has 0 spiro atoms. The number of anilines is 1. The first-order valence-corrected chi connectivity index (χ1v) is 10.9. The second-order valence-corrected chi connectivity index (χ2v) is 9.21. The number of aromatic nitrogens is 2. The van der Waals surface area contributed by atoms with E-state index in [-0.39, 0.29) is 24.7 Å². The van der Waals surface area contributed by atoms with Gasteiger partial charge in [-0.15, -0.1) is 0 Å². The molecule has 1 saturated heterocycles. The van der Waals surface area contributed by atoms with E-state index in [0.29, 0.717) is 29.3 Å². The molecular weight excluding hydrogens is 436 g/mol. The lowest BCUT2D eigenvalue weighted by Gasteiger charge is -2.31. The molecule has 162 valence electrons. The number of piperidine rings is 1. The maximum atomic E-state index is 13.0. The Labute approximate surface area is 177 Å². The number of aromatic amines is 2. The van der Waals surface area contributed by atoms with Gasteiger partial charge in [-0.2, -0.15) is 4.31 Å². The normalized spacial score (nSPS) is 17.5. The Morgan fingerprint density at radius 1 is 1.30 bits per heavy atom. The summed E-state index contributed by atoms with van der Waals surface area (Å²) < 4.78 is 32.4. The van der Waals surface area contributed by atoms with Gasteiger partial charge in [0.1, 0.15) is 5.75 Å². The van der Waals surface area contributed by atoms with Crippen LogP contribution in [0.3, 0.4) is 0 Å². The van der Waals surface area contributed by atoms with Crippen LogP contribution < -0.4 is 21.3 Å². The minimum absolute atomic E-state index is 0.0565. The zero-order chi connectivity index (χ0) is 22.1. The maximum absolute atomic E-state index is 13.0. The third-order valence-electron chi connectivity index (χ3n) is 4.85. The van der Waals surface area contributed by atoms with Gasteiger partial charge in [0.2, 0.25) is 15.9 Å². The Hall–Kier alpha value is -2.63. The van der Waals surface area contributed by atoms with Gasteiger partial charge in [0, 0.05) is 23.8 Å². The lowest BCUT2D eigenvalue weighted by atomic mass is 9.98. The molecule has 1 fully saturated rings. The van der Waals surface area contributed by atoms with Crippen molar-refractivity contribution in [3.63, 3.8) is 0 Å². The van der Waals surface area contributed by atoms with E-state index in [1.165, 1.54) is 14.0 Å². The van der Waals surface area contributed by atoms with Crippen LogP contribution in [0.2, 0.25) is 5.02 Å². The van der Waals surface area contributed by atoms with E-state index in [9.17, 15) is 22.8 Å². The summed E-state index contributed by atoms with van der Waals surface area (Å²) in [5.74, 6) is -0.606. The number of rotatable bonds is 5. The number of H-pyrrole nitrogens is 2. The van der Waals surface area contributed by atoms with Crippen molar-refractivity contribution in [2.75, 3.05) is 25.5 Å². The number of ether oxygens (including phenoxy) is 1. The molecule has 1 amide bonds. The van der Waals surface area contributed by atoms with Gasteiger partial charge in [-0.3, -0.25) is 14.6 Å². The summed E-state index contributed by atoms with van der Waals surface area (Å²) in [6.45, 7) is 1.39. The highest BCUT2D eigenvalue weighted by Gasteiger charge is 2.36. The highest BCUT2D eigenvalue weighted by atomic mass is 35.5. The number of carbonyl (C=O) groups is 1. The van der Waals surface area contributed by atoms with Crippen molar-refractivity contribution in [1.82, 2.24) is 14.3 Å². The summed E-state index contributed by atoms with van der Waals surface area (Å²) in [6, 6.07) is 4.77. The fraction of sp³-hybridized carbons (Fsp3) is 0.389. The molecule has 3 N–H and O–H groups in total. The van der Waals surface area contributed by atoms with Crippen LogP contribution >= 0.6 is 11.6 Å². The quantitative estimate of drug-likeness (QED) is 0.614. The smallest absolute Gasteiger partial charge is 0.325 e. The molecule has 1 aromatic heterocycles. The topological polar surface area (TPSA) is 141 Å². The van der Waals surface area contributed by atoms with Crippen molar-refractivity contribution < 1.29 is 17.9 Å². The number of nitrogens with one attached hydrogen (secondary N) is 3. The van der Waals surface area contributed by atoms with Gasteiger partial charge in [-0.1, -0.05) is 11.6 Å². The molecule has 1 unspecified atom stereocenters. The van der Waals surface area contributed by atoms with Crippen molar-refractivity contribution in [3.05, 3.63) is 49.8 Å². The molecule has 0 radical (unpaired) electrons. The van der Waals surface area contributed by atoms with Gasteiger partial charge in [-0.25, -0.2) is 13.2 Å². The van der Waals surface area contributed by atoms with E-state index >= 15 is 0 Å². The number of benzene rings is 1. The fourth-order valence-electron chi connectivity index (χ4n) is 3.42. The van der Waals surface area contributed by atoms with Gasteiger partial charge in [0.05, 0.1) is 18.7 Å². The minimum Gasteiger partial charge on any atom is -0.495 e. The lowest BCUT2D eigenvalue weighted by molar-refractivity contribution is -0.120. The number of methoxy groups -OCH3 is 1. The zero-order valence-electron chi connectivity index (χ0n) is 16.3. The summed E-state index contributed by atoms with van der Waals surface area (Å²) in [5, 5.41) is 3.14. The van der Waals surface area contributed by atoms with E-state index in [4.69, 9.17) is 16.3 Å². The van der Waals surface area contributed by atoms with E-state index < -0.39 is 32.1 Å². The number of hydrogen-bond donors (Lipinski definition) is 3. The number of amides is 1. The highest BCUT2D eigenvalue weighted by molar-refractivity contribution is 7.89. The average molecular weight is 457 g/mol. The molecule has 10 nitrogen and oxygen atoms in total. The summed E-state index contributed by atoms with van der Waals surface area (Å²) in [5.41, 5.74) is -1.46. The molecule has 3 rings (SSSR count). The Morgan fingerprint density at radius 2 is 2.03 bits per heavy atom. The van der Waals surface area contributed by atoms with Gasteiger partial charge >= 0.3 is 5.69 Å². The number of hydrogen-bond acceptors (Lipinski definition) is 6. The van der Waals surface area contributed by atoms with Crippen LogP contribution in [0.25, 0.3) is 0 Å². The second kappa shape index (κ2) is 8.62. The van der Waals surface area contributed by atoms with Crippen molar-refractivity contribution >= 4 is 33.2 Å². The Kier molecular flexibility index (Phi) is 6.34. The Balaban J connectivity index is 1.83. The standard InChI is InChI=1S/C18H21ClN4O6S/c1-10-15(17(25)22-18(26)20-10)30(27,28)23-7-3-4-11(9-23)16(24)21-13-8-12(19)5-6-14(13)29-2/h5-6,8,11H,3-4,7,9H2,1-2H3,(H,21,24)(H2,20,22,25,26). The van der Waals surface area contributed by atoms with Crippen LogP contribution in [-0.2, 0) is 14.8 Å². The van der Waals surface area contributed by atoms with E-state index in [1.54, 1.807) is 18.2 Å². The SMILES string of the molecule is COc1ccc(Cl)cc1NC(=O)C1CCCN(S(=O)(=O)c2c(C)[nH]c(=O)[nH]c2=O)C1. The molecule has 30 heavy (non-hydrogen) atoms.